The Balaban J connectivity index is 0.00000288. The first-order chi connectivity index (χ1) is 10.5. The third kappa shape index (κ3) is 5.50. The molecule has 0 spiro atoms. The molecule has 0 fully saturated rings. The molecule has 0 aliphatic heterocycles. The Morgan fingerprint density at radius 2 is 1.52 bits per heavy atom. The van der Waals surface area contributed by atoms with Crippen LogP contribution >= 0.6 is 24.8 Å². The molecule has 0 radical (unpaired) electrons. The molecular formula is C20H33Cl2OSiTi. The van der Waals surface area contributed by atoms with Gasteiger partial charge in [-0.15, -0.1) is 24.8 Å². The van der Waals surface area contributed by atoms with E-state index in [2.05, 4.69) is 73.6 Å². The maximum Gasteiger partial charge on any atom is -0.147 e. The Bertz CT molecular complexity index is 689. The Morgan fingerprint density at radius 1 is 0.960 bits per heavy atom. The minimum atomic E-state index is -1.60. The number of rotatable bonds is 3. The standard InChI is InChI=1S/C11H16O.C9H13.2ClH.H3Si.Ti/c1-8-5-9(11(2,3)4)7-10(12)6-8;1-6-5-7(2)9(4)8(6)3;;;;/h5-7,12H,1-4H3;6H,1-4H3;2*1H;1H3;/q;;;;;+1/p-1. The first-order valence-electron chi connectivity index (χ1n) is 8.54. The van der Waals surface area contributed by atoms with Gasteiger partial charge < -0.3 is 0 Å². The molecule has 1 nitrogen and oxygen atoms in total. The van der Waals surface area contributed by atoms with Crippen LogP contribution in [0.2, 0.25) is 0 Å². The summed E-state index contributed by atoms with van der Waals surface area (Å²) in [5.41, 5.74) is 7.40. The van der Waals surface area contributed by atoms with Crippen LogP contribution in [0.4, 0.5) is 0 Å². The van der Waals surface area contributed by atoms with Crippen LogP contribution in [0.15, 0.2) is 38.8 Å². The first kappa shape index (κ1) is 25.0. The molecule has 1 aliphatic rings. The second-order valence-electron chi connectivity index (χ2n) is 8.01. The average molecular weight is 436 g/mol. The van der Waals surface area contributed by atoms with E-state index in [1.165, 1.54) is 30.4 Å². The van der Waals surface area contributed by atoms with Crippen LogP contribution in [0.3, 0.4) is 0 Å². The quantitative estimate of drug-likeness (QED) is 0.562. The van der Waals surface area contributed by atoms with Gasteiger partial charge in [0.1, 0.15) is 0 Å². The molecule has 0 amide bonds. The molecule has 1 aromatic rings. The van der Waals surface area contributed by atoms with Crippen molar-refractivity contribution in [3.8, 4) is 5.75 Å². The van der Waals surface area contributed by atoms with Crippen molar-refractivity contribution < 1.29 is 20.8 Å². The van der Waals surface area contributed by atoms with Crippen LogP contribution in [0, 0.1) is 12.8 Å². The zero-order chi connectivity index (χ0) is 17.5. The third-order valence-corrected chi connectivity index (χ3v) is 11.6. The van der Waals surface area contributed by atoms with Crippen molar-refractivity contribution in [1.29, 1.82) is 0 Å². The summed E-state index contributed by atoms with van der Waals surface area (Å²) in [5, 5.41) is 0. The second kappa shape index (κ2) is 9.28. The maximum absolute atomic E-state index is 6.60. The summed E-state index contributed by atoms with van der Waals surface area (Å²) in [6.07, 6.45) is 0. The summed E-state index contributed by atoms with van der Waals surface area (Å²) in [7, 11) is 1.17. The van der Waals surface area contributed by atoms with Crippen molar-refractivity contribution in [3.05, 3.63) is 49.9 Å². The van der Waals surface area contributed by atoms with Crippen LogP contribution in [0.5, 0.6) is 5.75 Å². The van der Waals surface area contributed by atoms with Crippen molar-refractivity contribution in [2.45, 2.75) is 60.8 Å². The fourth-order valence-corrected chi connectivity index (χ4v) is 11.0. The molecule has 0 saturated heterocycles. The van der Waals surface area contributed by atoms with Crippen molar-refractivity contribution in [2.24, 2.45) is 5.92 Å². The average Bonchev–Trinajstić information content (AvgIpc) is 2.61. The monoisotopic (exact) mass is 435 g/mol. The molecule has 25 heavy (non-hydrogen) atoms. The SMILES string of the molecule is CC1=C(C)C(C)[C]([Ti]([SiH3])[O]c2cc(C)cc(C(C)(C)C)c2)=C1C.Cl.Cl. The van der Waals surface area contributed by atoms with Gasteiger partial charge in [-0.2, -0.15) is 0 Å². The number of allylic oxidation sites excluding steroid dienone is 4. The maximum atomic E-state index is 6.60. The van der Waals surface area contributed by atoms with Crippen molar-refractivity contribution in [3.63, 3.8) is 0 Å². The van der Waals surface area contributed by atoms with Gasteiger partial charge in [0.05, 0.1) is 0 Å². The minimum Gasteiger partial charge on any atom is -0.147 e. The predicted molar refractivity (Wildman–Crippen MR) is 115 cm³/mol. The summed E-state index contributed by atoms with van der Waals surface area (Å²) >= 11 is -1.60. The fraction of sp³-hybridized carbons (Fsp3) is 0.500. The van der Waals surface area contributed by atoms with Gasteiger partial charge in [-0.3, -0.25) is 0 Å². The van der Waals surface area contributed by atoms with E-state index in [1.807, 2.05) is 0 Å². The minimum absolute atomic E-state index is 0. The Hall–Kier alpha value is 0.0112. The van der Waals surface area contributed by atoms with Crippen molar-refractivity contribution >= 4 is 32.9 Å². The largest absolute Gasteiger partial charge is 0.147 e. The van der Waals surface area contributed by atoms with Gasteiger partial charge in [0.2, 0.25) is 0 Å². The molecule has 141 valence electrons. The van der Waals surface area contributed by atoms with Gasteiger partial charge in [-0.1, -0.05) is 0 Å². The van der Waals surface area contributed by atoms with E-state index in [4.69, 9.17) is 3.32 Å². The third-order valence-electron chi connectivity index (χ3n) is 5.21. The second-order valence-corrected chi connectivity index (χ2v) is 14.7. The summed E-state index contributed by atoms with van der Waals surface area (Å²) in [6, 6.07) is 6.77. The van der Waals surface area contributed by atoms with E-state index in [0.717, 1.165) is 5.75 Å². The molecule has 1 unspecified atom stereocenters. The summed E-state index contributed by atoms with van der Waals surface area (Å²) in [5.74, 6) is 1.68. The molecule has 0 saturated carbocycles. The molecule has 0 N–H and O–H groups in total. The number of halogens is 2. The zero-order valence-electron chi connectivity index (χ0n) is 17.0. The summed E-state index contributed by atoms with van der Waals surface area (Å²) in [4.78, 5) is 0. The van der Waals surface area contributed by atoms with E-state index in [9.17, 15) is 0 Å². The van der Waals surface area contributed by atoms with Gasteiger partial charge in [0, 0.05) is 0 Å². The molecule has 0 aromatic heterocycles. The molecule has 5 heteroatoms. The van der Waals surface area contributed by atoms with Crippen molar-refractivity contribution in [1.82, 2.24) is 0 Å². The van der Waals surface area contributed by atoms with Gasteiger partial charge >= 0.3 is 151 Å². The number of aryl methyl sites for hydroxylation is 1. The summed E-state index contributed by atoms with van der Waals surface area (Å²) < 4.78 is 8.25. The van der Waals surface area contributed by atoms with Gasteiger partial charge in [0.15, 0.2) is 0 Å². The van der Waals surface area contributed by atoms with Crippen LogP contribution in [-0.4, -0.2) is 8.11 Å². The summed E-state index contributed by atoms with van der Waals surface area (Å²) in [6.45, 7) is 18.2. The van der Waals surface area contributed by atoms with Gasteiger partial charge in [-0.25, -0.2) is 0 Å². The van der Waals surface area contributed by atoms with Crippen LogP contribution in [-0.2, 0) is 22.9 Å². The first-order valence-corrected chi connectivity index (χ1v) is 15.6. The van der Waals surface area contributed by atoms with Gasteiger partial charge in [-0.05, 0) is 0 Å². The number of benzene rings is 1. The normalized spacial score (nSPS) is 17.4. The van der Waals surface area contributed by atoms with Crippen LogP contribution in [0.25, 0.3) is 0 Å². The van der Waals surface area contributed by atoms with E-state index in [0.29, 0.717) is 5.92 Å². The Kier molecular flexibility index (Phi) is 9.29. The number of hydrogen-bond acceptors (Lipinski definition) is 1. The Morgan fingerprint density at radius 3 is 1.96 bits per heavy atom. The Labute approximate surface area is 175 Å². The number of hydrogen-bond donors (Lipinski definition) is 0. The molecule has 0 heterocycles. The van der Waals surface area contributed by atoms with E-state index in [1.54, 1.807) is 9.45 Å². The van der Waals surface area contributed by atoms with Gasteiger partial charge in [0.25, 0.3) is 0 Å². The van der Waals surface area contributed by atoms with Crippen LogP contribution in [0.1, 0.15) is 59.6 Å². The molecule has 1 aliphatic carbocycles. The molecule has 1 atom stereocenters. The molecule has 1 aromatic carbocycles. The van der Waals surface area contributed by atoms with E-state index in [-0.39, 0.29) is 30.2 Å². The van der Waals surface area contributed by atoms with E-state index < -0.39 is 17.5 Å². The van der Waals surface area contributed by atoms with Crippen LogP contribution < -0.4 is 3.32 Å². The predicted octanol–water partition coefficient (Wildman–Crippen LogP) is 5.59. The topological polar surface area (TPSA) is 9.23 Å². The fourth-order valence-electron chi connectivity index (χ4n) is 3.40. The van der Waals surface area contributed by atoms with E-state index >= 15 is 0 Å². The molecule has 0 bridgehead atoms. The molecule has 2 rings (SSSR count). The van der Waals surface area contributed by atoms with Crippen molar-refractivity contribution in [2.75, 3.05) is 0 Å². The smallest absolute Gasteiger partial charge is 0.147 e. The molecular weight excluding hydrogens is 403 g/mol. The zero-order valence-corrected chi connectivity index (χ0v) is 22.2.